The molecule has 6 nitrogen and oxygen atoms in total. The van der Waals surface area contributed by atoms with Crippen LogP contribution in [0.4, 0.5) is 0 Å². The molecule has 0 fully saturated rings. The zero-order chi connectivity index (χ0) is 20.5. The van der Waals surface area contributed by atoms with E-state index in [4.69, 9.17) is 9.47 Å². The number of likely N-dealkylation sites (N-methyl/N-ethyl adjacent to an activating group) is 1. The van der Waals surface area contributed by atoms with Crippen LogP contribution >= 0.6 is 0 Å². The molecule has 0 heterocycles. The zero-order valence-corrected chi connectivity index (χ0v) is 16.6. The van der Waals surface area contributed by atoms with Gasteiger partial charge in [0, 0.05) is 6.54 Å². The molecule has 0 aliphatic rings. The zero-order valence-electron chi connectivity index (χ0n) is 16.6. The summed E-state index contributed by atoms with van der Waals surface area (Å²) >= 11 is 0. The maximum Gasteiger partial charge on any atom is 0.262 e. The van der Waals surface area contributed by atoms with Crippen molar-refractivity contribution >= 4 is 12.0 Å². The molecule has 0 aromatic heterocycles. The van der Waals surface area contributed by atoms with Crippen molar-refractivity contribution in [1.29, 1.82) is 5.26 Å². The number of ether oxygens (including phenoxy) is 2. The molecule has 0 saturated heterocycles. The molecule has 2 rings (SSSR count). The number of carbonyl (C=O) groups excluding carboxylic acids is 1. The lowest BCUT2D eigenvalue weighted by Gasteiger charge is -2.25. The van der Waals surface area contributed by atoms with Gasteiger partial charge < -0.3 is 19.7 Å². The van der Waals surface area contributed by atoms with Gasteiger partial charge in [0.1, 0.15) is 23.1 Å². The smallest absolute Gasteiger partial charge is 0.262 e. The number of hydrogen-bond donors (Lipinski definition) is 1. The highest BCUT2D eigenvalue weighted by molar-refractivity contribution is 6.01. The number of nitriles is 1. The molecular weight excluding hydrogens is 354 g/mol. The monoisotopic (exact) mass is 379 g/mol. The van der Waals surface area contributed by atoms with E-state index in [1.54, 1.807) is 32.4 Å². The van der Waals surface area contributed by atoms with E-state index in [0.29, 0.717) is 12.3 Å². The summed E-state index contributed by atoms with van der Waals surface area (Å²) in [6.07, 6.45) is 1.55. The molecule has 6 heteroatoms. The molecule has 2 aromatic carbocycles. The third-order valence-electron chi connectivity index (χ3n) is 4.35. The van der Waals surface area contributed by atoms with Crippen LogP contribution in [0.1, 0.15) is 17.2 Å². The largest absolute Gasteiger partial charge is 0.497 e. The van der Waals surface area contributed by atoms with E-state index in [0.717, 1.165) is 16.9 Å². The van der Waals surface area contributed by atoms with Gasteiger partial charge in [-0.05, 0) is 55.6 Å². The molecule has 0 spiro atoms. The van der Waals surface area contributed by atoms with Crippen molar-refractivity contribution < 1.29 is 14.3 Å². The second-order valence-corrected chi connectivity index (χ2v) is 6.41. The van der Waals surface area contributed by atoms with Crippen LogP contribution in [0.15, 0.2) is 54.1 Å². The molecule has 1 atom stereocenters. The van der Waals surface area contributed by atoms with Gasteiger partial charge >= 0.3 is 0 Å². The van der Waals surface area contributed by atoms with Crippen molar-refractivity contribution in [3.63, 3.8) is 0 Å². The summed E-state index contributed by atoms with van der Waals surface area (Å²) in [6.45, 7) is 0.370. The Hall–Kier alpha value is -3.30. The molecule has 0 aliphatic carbocycles. The minimum absolute atomic E-state index is 0.0355. The van der Waals surface area contributed by atoms with Crippen molar-refractivity contribution in [2.24, 2.45) is 0 Å². The van der Waals surface area contributed by atoms with Gasteiger partial charge in [-0.25, -0.2) is 0 Å². The SMILES string of the molecule is COc1ccc([C@@H](CNC(=O)/C(C#N)=C/c2cccc(OC)c2)N(C)C)cc1. The normalized spacial score (nSPS) is 12.2. The lowest BCUT2D eigenvalue weighted by Crippen LogP contribution is -2.35. The van der Waals surface area contributed by atoms with Gasteiger partial charge in [-0.3, -0.25) is 4.79 Å². The average molecular weight is 379 g/mol. The number of methoxy groups -OCH3 is 2. The average Bonchev–Trinajstić information content (AvgIpc) is 2.72. The molecular formula is C22H25N3O3. The molecule has 1 N–H and O–H groups in total. The van der Waals surface area contributed by atoms with Crippen molar-refractivity contribution in [1.82, 2.24) is 10.2 Å². The first kappa shape index (κ1) is 21.0. The van der Waals surface area contributed by atoms with Gasteiger partial charge in [0.15, 0.2) is 0 Å². The summed E-state index contributed by atoms with van der Waals surface area (Å²) in [6, 6.07) is 16.8. The number of nitrogens with zero attached hydrogens (tertiary/aromatic N) is 2. The first-order valence-electron chi connectivity index (χ1n) is 8.83. The van der Waals surface area contributed by atoms with Crippen LogP contribution in [0.25, 0.3) is 6.08 Å². The standard InChI is InChI=1S/C22H25N3O3/c1-25(2)21(17-8-10-19(27-3)11-9-17)15-24-22(26)18(14-23)12-16-6-5-7-20(13-16)28-4/h5-13,21H,15H2,1-4H3,(H,24,26)/b18-12+/t21-/m1/s1. The lowest BCUT2D eigenvalue weighted by atomic mass is 10.1. The van der Waals surface area contributed by atoms with Crippen LogP contribution in [0.2, 0.25) is 0 Å². The van der Waals surface area contributed by atoms with Gasteiger partial charge in [-0.15, -0.1) is 0 Å². The number of benzene rings is 2. The third kappa shape index (κ3) is 5.60. The lowest BCUT2D eigenvalue weighted by molar-refractivity contribution is -0.117. The topological polar surface area (TPSA) is 74.6 Å². The summed E-state index contributed by atoms with van der Waals surface area (Å²) in [5, 5.41) is 12.3. The summed E-state index contributed by atoms with van der Waals surface area (Å²) < 4.78 is 10.4. The van der Waals surface area contributed by atoms with E-state index < -0.39 is 5.91 Å². The van der Waals surface area contributed by atoms with Crippen LogP contribution in [-0.4, -0.2) is 45.7 Å². The van der Waals surface area contributed by atoms with Gasteiger partial charge in [0.05, 0.1) is 20.3 Å². The Morgan fingerprint density at radius 2 is 1.82 bits per heavy atom. The molecule has 28 heavy (non-hydrogen) atoms. The van der Waals surface area contributed by atoms with E-state index in [1.807, 2.05) is 61.5 Å². The highest BCUT2D eigenvalue weighted by Crippen LogP contribution is 2.21. The van der Waals surface area contributed by atoms with Crippen LogP contribution < -0.4 is 14.8 Å². The third-order valence-corrected chi connectivity index (χ3v) is 4.35. The Morgan fingerprint density at radius 1 is 1.14 bits per heavy atom. The highest BCUT2D eigenvalue weighted by atomic mass is 16.5. The predicted molar refractivity (Wildman–Crippen MR) is 109 cm³/mol. The minimum atomic E-state index is -0.411. The number of carbonyl (C=O) groups is 1. The van der Waals surface area contributed by atoms with E-state index in [1.165, 1.54) is 0 Å². The van der Waals surface area contributed by atoms with Gasteiger partial charge in [0.2, 0.25) is 0 Å². The molecule has 0 bridgehead atoms. The predicted octanol–water partition coefficient (Wildman–Crippen LogP) is 3.03. The van der Waals surface area contributed by atoms with Crippen LogP contribution in [0, 0.1) is 11.3 Å². The van der Waals surface area contributed by atoms with E-state index in [-0.39, 0.29) is 11.6 Å². The fraction of sp³-hybridized carbons (Fsp3) is 0.273. The van der Waals surface area contributed by atoms with E-state index in [9.17, 15) is 10.1 Å². The minimum Gasteiger partial charge on any atom is -0.497 e. The van der Waals surface area contributed by atoms with Crippen molar-refractivity contribution in [3.05, 3.63) is 65.2 Å². The Balaban J connectivity index is 2.11. The van der Waals surface area contributed by atoms with Crippen LogP contribution in [0.5, 0.6) is 11.5 Å². The number of hydrogen-bond acceptors (Lipinski definition) is 5. The number of amides is 1. The second kappa shape index (κ2) is 10.1. The quantitative estimate of drug-likeness (QED) is 0.564. The summed E-state index contributed by atoms with van der Waals surface area (Å²) in [5.41, 5.74) is 1.81. The van der Waals surface area contributed by atoms with Crippen molar-refractivity contribution in [2.45, 2.75) is 6.04 Å². The maximum atomic E-state index is 12.5. The Bertz CT molecular complexity index is 867. The molecule has 2 aromatic rings. The first-order chi connectivity index (χ1) is 13.5. The summed E-state index contributed by atoms with van der Waals surface area (Å²) in [7, 11) is 7.08. The Labute approximate surface area is 166 Å². The van der Waals surface area contributed by atoms with E-state index >= 15 is 0 Å². The van der Waals surface area contributed by atoms with Crippen LogP contribution in [0.3, 0.4) is 0 Å². The summed E-state index contributed by atoms with van der Waals surface area (Å²) in [5.74, 6) is 1.03. The van der Waals surface area contributed by atoms with Gasteiger partial charge in [-0.2, -0.15) is 5.26 Å². The summed E-state index contributed by atoms with van der Waals surface area (Å²) in [4.78, 5) is 14.5. The van der Waals surface area contributed by atoms with Gasteiger partial charge in [0.25, 0.3) is 5.91 Å². The number of nitrogens with one attached hydrogen (secondary N) is 1. The molecule has 146 valence electrons. The van der Waals surface area contributed by atoms with E-state index in [2.05, 4.69) is 5.32 Å². The molecule has 0 aliphatic heterocycles. The Morgan fingerprint density at radius 3 is 2.39 bits per heavy atom. The van der Waals surface area contributed by atoms with Crippen molar-refractivity contribution in [2.75, 3.05) is 34.9 Å². The van der Waals surface area contributed by atoms with Crippen molar-refractivity contribution in [3.8, 4) is 17.6 Å². The second-order valence-electron chi connectivity index (χ2n) is 6.41. The Kier molecular flexibility index (Phi) is 7.61. The highest BCUT2D eigenvalue weighted by Gasteiger charge is 2.17. The molecule has 0 unspecified atom stereocenters. The maximum absolute atomic E-state index is 12.5. The number of rotatable bonds is 8. The first-order valence-corrected chi connectivity index (χ1v) is 8.83. The fourth-order valence-corrected chi connectivity index (χ4v) is 2.76. The van der Waals surface area contributed by atoms with Crippen LogP contribution in [-0.2, 0) is 4.79 Å². The molecule has 0 saturated carbocycles. The van der Waals surface area contributed by atoms with Gasteiger partial charge in [-0.1, -0.05) is 24.3 Å². The fourth-order valence-electron chi connectivity index (χ4n) is 2.76. The molecule has 1 amide bonds. The molecule has 0 radical (unpaired) electrons.